The van der Waals surface area contributed by atoms with Crippen LogP contribution >= 0.6 is 12.4 Å². The number of rotatable bonds is 8. The molecule has 0 bridgehead atoms. The second-order valence-electron chi connectivity index (χ2n) is 4.31. The third-order valence-corrected chi connectivity index (χ3v) is 4.20. The highest BCUT2D eigenvalue weighted by atomic mass is 35.5. The predicted molar refractivity (Wildman–Crippen MR) is 86.0 cm³/mol. The molecule has 0 aliphatic carbocycles. The summed E-state index contributed by atoms with van der Waals surface area (Å²) in [6, 6.07) is 7.06. The van der Waals surface area contributed by atoms with Gasteiger partial charge in [0.1, 0.15) is 0 Å². The number of hydrogen-bond acceptors (Lipinski definition) is 4. The molecule has 0 aliphatic rings. The third-order valence-electron chi connectivity index (χ3n) is 2.79. The maximum Gasteiger partial charge on any atom is 0.251 e. The molecule has 1 rings (SSSR count). The highest BCUT2D eigenvalue weighted by molar-refractivity contribution is 7.89. The zero-order chi connectivity index (χ0) is 15.0. The molecule has 0 saturated carbocycles. The van der Waals surface area contributed by atoms with E-state index in [2.05, 4.69) is 10.0 Å². The first-order valence-corrected chi connectivity index (χ1v) is 8.18. The van der Waals surface area contributed by atoms with E-state index in [4.69, 9.17) is 5.73 Å². The van der Waals surface area contributed by atoms with Crippen molar-refractivity contribution in [3.63, 3.8) is 0 Å². The quantitative estimate of drug-likeness (QED) is 0.606. The summed E-state index contributed by atoms with van der Waals surface area (Å²) < 4.78 is 24.8. The van der Waals surface area contributed by atoms with Crippen LogP contribution in [0.15, 0.2) is 24.3 Å². The second kappa shape index (κ2) is 9.73. The molecule has 1 amide bonds. The van der Waals surface area contributed by atoms with Gasteiger partial charge >= 0.3 is 0 Å². The van der Waals surface area contributed by atoms with Crippen LogP contribution in [0.5, 0.6) is 0 Å². The topological polar surface area (TPSA) is 101 Å². The lowest BCUT2D eigenvalue weighted by Gasteiger charge is -2.07. The van der Waals surface area contributed by atoms with Crippen LogP contribution in [-0.2, 0) is 16.6 Å². The molecule has 0 aromatic heterocycles. The Kier molecular flexibility index (Phi) is 9.19. The van der Waals surface area contributed by atoms with Crippen LogP contribution < -0.4 is 15.8 Å². The molecular weight excluding hydrogens is 314 g/mol. The molecule has 0 aliphatic heterocycles. The van der Waals surface area contributed by atoms with Crippen LogP contribution in [0.4, 0.5) is 0 Å². The number of amides is 1. The molecule has 0 atom stereocenters. The lowest BCUT2D eigenvalue weighted by Crippen LogP contribution is -2.30. The molecule has 0 radical (unpaired) electrons. The Morgan fingerprint density at radius 2 is 1.81 bits per heavy atom. The molecular formula is C13H22ClN3O3S. The fourth-order valence-corrected chi connectivity index (χ4v) is 2.17. The highest BCUT2D eigenvalue weighted by Crippen LogP contribution is 2.03. The minimum Gasteiger partial charge on any atom is -0.352 e. The molecule has 0 unspecified atom stereocenters. The average Bonchev–Trinajstić information content (AvgIpc) is 2.46. The second-order valence-corrected chi connectivity index (χ2v) is 6.40. The zero-order valence-electron chi connectivity index (χ0n) is 12.0. The van der Waals surface area contributed by atoms with Gasteiger partial charge in [0.15, 0.2) is 0 Å². The van der Waals surface area contributed by atoms with Crippen molar-refractivity contribution in [2.45, 2.75) is 19.9 Å². The lowest BCUT2D eigenvalue weighted by molar-refractivity contribution is 0.0953. The number of sulfonamides is 1. The van der Waals surface area contributed by atoms with Crippen molar-refractivity contribution in [3.05, 3.63) is 35.4 Å². The Labute approximate surface area is 132 Å². The summed E-state index contributed by atoms with van der Waals surface area (Å²) in [5, 5.41) is 2.74. The molecule has 1 aromatic carbocycles. The van der Waals surface area contributed by atoms with Gasteiger partial charge in [-0.2, -0.15) is 0 Å². The van der Waals surface area contributed by atoms with E-state index in [9.17, 15) is 13.2 Å². The van der Waals surface area contributed by atoms with Gasteiger partial charge in [0.05, 0.1) is 5.75 Å². The molecule has 1 aromatic rings. The summed E-state index contributed by atoms with van der Waals surface area (Å²) in [5.41, 5.74) is 7.01. The van der Waals surface area contributed by atoms with Crippen LogP contribution in [0.25, 0.3) is 0 Å². The first-order chi connectivity index (χ1) is 9.48. The van der Waals surface area contributed by atoms with E-state index in [0.717, 1.165) is 5.56 Å². The van der Waals surface area contributed by atoms with Gasteiger partial charge in [-0.1, -0.05) is 12.1 Å². The largest absolute Gasteiger partial charge is 0.352 e. The fourth-order valence-electron chi connectivity index (χ4n) is 1.51. The average molecular weight is 336 g/mol. The third kappa shape index (κ3) is 7.42. The summed E-state index contributed by atoms with van der Waals surface area (Å²) in [5.74, 6) is -0.112. The number of halogens is 1. The summed E-state index contributed by atoms with van der Waals surface area (Å²) in [4.78, 5) is 11.8. The Hall–Kier alpha value is -1.15. The van der Waals surface area contributed by atoms with Crippen molar-refractivity contribution >= 4 is 28.3 Å². The van der Waals surface area contributed by atoms with Crippen molar-refractivity contribution in [1.82, 2.24) is 10.0 Å². The number of carbonyl (C=O) groups is 1. The maximum absolute atomic E-state index is 11.8. The van der Waals surface area contributed by atoms with Crippen molar-refractivity contribution in [1.29, 1.82) is 0 Å². The maximum atomic E-state index is 11.8. The Morgan fingerprint density at radius 1 is 1.19 bits per heavy atom. The van der Waals surface area contributed by atoms with E-state index in [1.807, 2.05) is 12.1 Å². The van der Waals surface area contributed by atoms with E-state index in [-0.39, 0.29) is 24.1 Å². The minimum absolute atomic E-state index is 0. The molecule has 8 heteroatoms. The number of nitrogens with two attached hydrogens (primary N) is 1. The fraction of sp³-hybridized carbons (Fsp3) is 0.462. The van der Waals surface area contributed by atoms with Crippen molar-refractivity contribution in [3.8, 4) is 0 Å². The molecule has 0 spiro atoms. The van der Waals surface area contributed by atoms with Gasteiger partial charge in [0.25, 0.3) is 5.91 Å². The van der Waals surface area contributed by atoms with Gasteiger partial charge in [-0.3, -0.25) is 4.79 Å². The van der Waals surface area contributed by atoms with Gasteiger partial charge in [-0.05, 0) is 31.0 Å². The van der Waals surface area contributed by atoms with E-state index in [0.29, 0.717) is 31.6 Å². The first kappa shape index (κ1) is 19.9. The Balaban J connectivity index is 0.00000400. The van der Waals surface area contributed by atoms with Gasteiger partial charge in [-0.25, -0.2) is 13.1 Å². The van der Waals surface area contributed by atoms with Crippen molar-refractivity contribution < 1.29 is 13.2 Å². The predicted octanol–water partition coefficient (Wildman–Crippen LogP) is 0.626. The minimum atomic E-state index is -3.15. The number of nitrogens with one attached hydrogen (secondary N) is 2. The Morgan fingerprint density at radius 3 is 2.33 bits per heavy atom. The number of benzene rings is 1. The molecule has 0 saturated heterocycles. The molecule has 6 nitrogen and oxygen atoms in total. The smallest absolute Gasteiger partial charge is 0.251 e. The van der Waals surface area contributed by atoms with Crippen LogP contribution in [-0.4, -0.2) is 33.2 Å². The standard InChI is InChI=1S/C13H21N3O3S.ClH/c1-2-20(18,19)16-9-3-8-15-13(17)12-6-4-11(10-14)5-7-12;/h4-7,16H,2-3,8-10,14H2,1H3,(H,15,17);1H. The van der Waals surface area contributed by atoms with Gasteiger partial charge in [0.2, 0.25) is 10.0 Å². The van der Waals surface area contributed by atoms with Crippen LogP contribution in [0.2, 0.25) is 0 Å². The van der Waals surface area contributed by atoms with Crippen molar-refractivity contribution in [2.24, 2.45) is 5.73 Å². The van der Waals surface area contributed by atoms with Gasteiger partial charge in [-0.15, -0.1) is 12.4 Å². The van der Waals surface area contributed by atoms with Gasteiger partial charge in [0, 0.05) is 25.2 Å². The molecule has 0 heterocycles. The molecule has 21 heavy (non-hydrogen) atoms. The van der Waals surface area contributed by atoms with E-state index in [1.54, 1.807) is 19.1 Å². The van der Waals surface area contributed by atoms with Crippen LogP contribution in [0, 0.1) is 0 Å². The zero-order valence-corrected chi connectivity index (χ0v) is 13.6. The van der Waals surface area contributed by atoms with Crippen LogP contribution in [0.1, 0.15) is 29.3 Å². The normalized spacial score (nSPS) is 10.8. The SMILES string of the molecule is CCS(=O)(=O)NCCCNC(=O)c1ccc(CN)cc1.Cl. The van der Waals surface area contributed by atoms with E-state index in [1.165, 1.54) is 0 Å². The first-order valence-electron chi connectivity index (χ1n) is 6.53. The summed E-state index contributed by atoms with van der Waals surface area (Å²) >= 11 is 0. The molecule has 4 N–H and O–H groups in total. The highest BCUT2D eigenvalue weighted by Gasteiger charge is 2.06. The van der Waals surface area contributed by atoms with Crippen molar-refractivity contribution in [2.75, 3.05) is 18.8 Å². The van der Waals surface area contributed by atoms with Gasteiger partial charge < -0.3 is 11.1 Å². The Bertz CT molecular complexity index is 532. The summed E-state index contributed by atoms with van der Waals surface area (Å²) in [7, 11) is -3.15. The number of carbonyl (C=O) groups excluding carboxylic acids is 1. The number of hydrogen-bond donors (Lipinski definition) is 3. The van der Waals surface area contributed by atoms with E-state index >= 15 is 0 Å². The summed E-state index contributed by atoms with van der Waals surface area (Å²) in [6.07, 6.45) is 0.547. The molecule has 120 valence electrons. The lowest BCUT2D eigenvalue weighted by atomic mass is 10.1. The molecule has 0 fully saturated rings. The van der Waals surface area contributed by atoms with E-state index < -0.39 is 10.0 Å². The van der Waals surface area contributed by atoms with Crippen LogP contribution in [0.3, 0.4) is 0 Å². The monoisotopic (exact) mass is 335 g/mol. The summed E-state index contributed by atoms with van der Waals surface area (Å²) in [6.45, 7) is 2.76.